The SMILES string of the molecule is C[C@H](NC(=O)CC1CCCC1)C(=O)NN1Cc2ccccc2C1. The van der Waals surface area contributed by atoms with Crippen molar-refractivity contribution in [1.82, 2.24) is 15.8 Å². The lowest BCUT2D eigenvalue weighted by molar-refractivity contribution is -0.132. The number of benzene rings is 1. The average molecular weight is 315 g/mol. The number of nitrogens with one attached hydrogen (secondary N) is 2. The van der Waals surface area contributed by atoms with Crippen molar-refractivity contribution in [3.63, 3.8) is 0 Å². The molecule has 1 aliphatic heterocycles. The zero-order valence-electron chi connectivity index (χ0n) is 13.7. The molecule has 1 atom stereocenters. The first-order valence-corrected chi connectivity index (χ1v) is 8.53. The summed E-state index contributed by atoms with van der Waals surface area (Å²) in [6.07, 6.45) is 5.28. The lowest BCUT2D eigenvalue weighted by Crippen LogP contribution is -2.49. The molecule has 2 amide bonds. The van der Waals surface area contributed by atoms with E-state index in [0.29, 0.717) is 25.4 Å². The van der Waals surface area contributed by atoms with E-state index in [1.54, 1.807) is 6.92 Å². The van der Waals surface area contributed by atoms with Crippen molar-refractivity contribution in [1.29, 1.82) is 0 Å². The Balaban J connectivity index is 1.44. The molecule has 124 valence electrons. The summed E-state index contributed by atoms with van der Waals surface area (Å²) in [5, 5.41) is 4.72. The van der Waals surface area contributed by atoms with Gasteiger partial charge in [0.2, 0.25) is 5.91 Å². The Morgan fingerprint density at radius 1 is 1.17 bits per heavy atom. The quantitative estimate of drug-likeness (QED) is 0.875. The van der Waals surface area contributed by atoms with Crippen LogP contribution in [0.15, 0.2) is 24.3 Å². The van der Waals surface area contributed by atoms with Gasteiger partial charge in [0, 0.05) is 19.5 Å². The number of rotatable bonds is 5. The van der Waals surface area contributed by atoms with E-state index in [1.165, 1.54) is 24.0 Å². The molecule has 1 aromatic rings. The lowest BCUT2D eigenvalue weighted by Gasteiger charge is -2.21. The van der Waals surface area contributed by atoms with E-state index >= 15 is 0 Å². The van der Waals surface area contributed by atoms with Crippen molar-refractivity contribution >= 4 is 11.8 Å². The summed E-state index contributed by atoms with van der Waals surface area (Å²) in [4.78, 5) is 24.3. The molecule has 0 unspecified atom stereocenters. The molecular formula is C18H25N3O2. The minimum atomic E-state index is -0.507. The Labute approximate surface area is 137 Å². The molecule has 1 saturated carbocycles. The summed E-state index contributed by atoms with van der Waals surface area (Å²) in [7, 11) is 0. The first kappa shape index (κ1) is 16.0. The molecule has 0 bridgehead atoms. The van der Waals surface area contributed by atoms with Crippen LogP contribution in [-0.4, -0.2) is 22.9 Å². The third-order valence-electron chi connectivity index (χ3n) is 4.83. The Kier molecular flexibility index (Phi) is 4.96. The van der Waals surface area contributed by atoms with Gasteiger partial charge < -0.3 is 5.32 Å². The zero-order chi connectivity index (χ0) is 16.2. The van der Waals surface area contributed by atoms with Crippen molar-refractivity contribution in [2.75, 3.05) is 0 Å². The summed E-state index contributed by atoms with van der Waals surface area (Å²) >= 11 is 0. The van der Waals surface area contributed by atoms with Gasteiger partial charge in [0.15, 0.2) is 0 Å². The third-order valence-corrected chi connectivity index (χ3v) is 4.83. The summed E-state index contributed by atoms with van der Waals surface area (Å²) in [5.41, 5.74) is 5.39. The molecule has 2 N–H and O–H groups in total. The average Bonchev–Trinajstić information content (AvgIpc) is 3.15. The molecule has 23 heavy (non-hydrogen) atoms. The highest BCUT2D eigenvalue weighted by Gasteiger charge is 2.24. The number of amides is 2. The van der Waals surface area contributed by atoms with Crippen molar-refractivity contribution < 1.29 is 9.59 Å². The van der Waals surface area contributed by atoms with Gasteiger partial charge in [-0.3, -0.25) is 15.0 Å². The third kappa shape index (κ3) is 4.10. The van der Waals surface area contributed by atoms with Gasteiger partial charge in [0.05, 0.1) is 0 Å². The summed E-state index contributed by atoms with van der Waals surface area (Å²) in [5.74, 6) is 0.333. The number of fused-ring (bicyclic) bond motifs is 1. The fourth-order valence-corrected chi connectivity index (χ4v) is 3.51. The topological polar surface area (TPSA) is 61.4 Å². The maximum atomic E-state index is 12.3. The number of hydrazine groups is 1. The molecule has 0 aromatic heterocycles. The highest BCUT2D eigenvalue weighted by atomic mass is 16.2. The standard InChI is InChI=1S/C18H25N3O2/c1-13(19-17(22)10-14-6-2-3-7-14)18(23)20-21-11-15-8-4-5-9-16(15)12-21/h4-5,8-9,13-14H,2-3,6-7,10-12H2,1H3,(H,19,22)(H,20,23)/t13-/m0/s1. The molecule has 0 spiro atoms. The number of nitrogens with zero attached hydrogens (tertiary/aromatic N) is 1. The summed E-state index contributed by atoms with van der Waals surface area (Å²) < 4.78 is 0. The highest BCUT2D eigenvalue weighted by molar-refractivity contribution is 5.87. The Bertz CT molecular complexity index is 556. The predicted octanol–water partition coefficient (Wildman–Crippen LogP) is 2.12. The smallest absolute Gasteiger partial charge is 0.256 e. The van der Waals surface area contributed by atoms with E-state index in [-0.39, 0.29) is 11.8 Å². The van der Waals surface area contributed by atoms with Gasteiger partial charge in [-0.1, -0.05) is 37.1 Å². The van der Waals surface area contributed by atoms with Crippen LogP contribution in [0.25, 0.3) is 0 Å². The van der Waals surface area contributed by atoms with Crippen molar-refractivity contribution in [2.24, 2.45) is 5.92 Å². The largest absolute Gasteiger partial charge is 0.345 e. The molecule has 3 rings (SSSR count). The van der Waals surface area contributed by atoms with E-state index < -0.39 is 6.04 Å². The second-order valence-electron chi connectivity index (χ2n) is 6.74. The van der Waals surface area contributed by atoms with Crippen molar-refractivity contribution in [3.05, 3.63) is 35.4 Å². The van der Waals surface area contributed by atoms with Crippen LogP contribution >= 0.6 is 0 Å². The molecule has 2 aliphatic rings. The second kappa shape index (κ2) is 7.13. The normalized spacial score (nSPS) is 19.3. The fourth-order valence-electron chi connectivity index (χ4n) is 3.51. The first-order chi connectivity index (χ1) is 11.1. The molecule has 0 saturated heterocycles. The fraction of sp³-hybridized carbons (Fsp3) is 0.556. The minimum Gasteiger partial charge on any atom is -0.345 e. The Morgan fingerprint density at radius 2 is 1.78 bits per heavy atom. The maximum Gasteiger partial charge on any atom is 0.256 e. The van der Waals surface area contributed by atoms with Crippen LogP contribution in [0.5, 0.6) is 0 Å². The number of carbonyl (C=O) groups excluding carboxylic acids is 2. The molecule has 5 nitrogen and oxygen atoms in total. The number of hydrogen-bond acceptors (Lipinski definition) is 3. The van der Waals surface area contributed by atoms with E-state index in [4.69, 9.17) is 0 Å². The molecule has 1 aliphatic carbocycles. The van der Waals surface area contributed by atoms with Crippen LogP contribution in [0.3, 0.4) is 0 Å². The summed E-state index contributed by atoms with van der Waals surface area (Å²) in [6.45, 7) is 3.17. The molecule has 0 radical (unpaired) electrons. The van der Waals surface area contributed by atoms with Crippen LogP contribution in [0, 0.1) is 5.92 Å². The number of hydrogen-bond donors (Lipinski definition) is 2. The maximum absolute atomic E-state index is 12.3. The van der Waals surface area contributed by atoms with Gasteiger partial charge in [-0.25, -0.2) is 5.01 Å². The van der Waals surface area contributed by atoms with E-state index in [1.807, 2.05) is 17.1 Å². The van der Waals surface area contributed by atoms with Gasteiger partial charge in [0.25, 0.3) is 5.91 Å². The van der Waals surface area contributed by atoms with Crippen molar-refractivity contribution in [3.8, 4) is 0 Å². The number of carbonyl (C=O) groups is 2. The Morgan fingerprint density at radius 3 is 2.39 bits per heavy atom. The van der Waals surface area contributed by atoms with E-state index in [9.17, 15) is 9.59 Å². The van der Waals surface area contributed by atoms with Crippen LogP contribution in [0.2, 0.25) is 0 Å². The highest BCUT2D eigenvalue weighted by Crippen LogP contribution is 2.27. The van der Waals surface area contributed by atoms with Crippen LogP contribution in [0.1, 0.15) is 50.2 Å². The Hall–Kier alpha value is -1.88. The van der Waals surface area contributed by atoms with E-state index in [0.717, 1.165) is 12.8 Å². The molecule has 1 fully saturated rings. The molecule has 1 heterocycles. The molecule has 1 aromatic carbocycles. The van der Waals surface area contributed by atoms with Crippen LogP contribution in [0.4, 0.5) is 0 Å². The first-order valence-electron chi connectivity index (χ1n) is 8.53. The van der Waals surface area contributed by atoms with Gasteiger partial charge in [0.1, 0.15) is 6.04 Å². The predicted molar refractivity (Wildman–Crippen MR) is 88.0 cm³/mol. The molecular weight excluding hydrogens is 290 g/mol. The van der Waals surface area contributed by atoms with Gasteiger partial charge in [-0.05, 0) is 36.8 Å². The molecule has 5 heteroatoms. The minimum absolute atomic E-state index is 0.00995. The van der Waals surface area contributed by atoms with E-state index in [2.05, 4.69) is 22.9 Å². The lowest BCUT2D eigenvalue weighted by atomic mass is 10.0. The van der Waals surface area contributed by atoms with Gasteiger partial charge in [-0.15, -0.1) is 0 Å². The second-order valence-corrected chi connectivity index (χ2v) is 6.74. The van der Waals surface area contributed by atoms with Gasteiger partial charge >= 0.3 is 0 Å². The van der Waals surface area contributed by atoms with Crippen LogP contribution < -0.4 is 10.7 Å². The van der Waals surface area contributed by atoms with Gasteiger partial charge in [-0.2, -0.15) is 0 Å². The van der Waals surface area contributed by atoms with Crippen molar-refractivity contribution in [2.45, 2.75) is 58.2 Å². The zero-order valence-corrected chi connectivity index (χ0v) is 13.7. The summed E-state index contributed by atoms with van der Waals surface area (Å²) in [6, 6.07) is 7.67. The van der Waals surface area contributed by atoms with Crippen LogP contribution in [-0.2, 0) is 22.7 Å². The monoisotopic (exact) mass is 315 g/mol.